The number of amides is 2. The van der Waals surface area contributed by atoms with Crippen LogP contribution in [0.4, 0.5) is 0 Å². The number of carbonyl (C=O) groups excluding carboxylic acids is 2. The van der Waals surface area contributed by atoms with Crippen molar-refractivity contribution >= 4 is 11.8 Å². The topological polar surface area (TPSA) is 90.7 Å². The fraction of sp³-hybridized carbons (Fsp3) is 0.300. The minimum Gasteiger partial charge on any atom is -0.493 e. The summed E-state index contributed by atoms with van der Waals surface area (Å²) in [5.41, 5.74) is 8.85. The van der Waals surface area contributed by atoms with Crippen molar-refractivity contribution in [2.24, 2.45) is 5.73 Å². The number of rotatable bonds is 7. The Morgan fingerprint density at radius 1 is 1.12 bits per heavy atom. The van der Waals surface area contributed by atoms with Crippen LogP contribution in [0.3, 0.4) is 0 Å². The van der Waals surface area contributed by atoms with Crippen LogP contribution in [0.2, 0.25) is 0 Å². The minimum atomic E-state index is -0.587. The molecule has 138 valence electrons. The smallest absolute Gasteiger partial charge is 0.255 e. The number of hydrogen-bond acceptors (Lipinski definition) is 4. The van der Waals surface area contributed by atoms with Gasteiger partial charge in [0.05, 0.1) is 13.2 Å². The second kappa shape index (κ2) is 8.38. The van der Waals surface area contributed by atoms with Crippen molar-refractivity contribution in [1.82, 2.24) is 5.32 Å². The molecule has 0 heterocycles. The first-order valence-electron chi connectivity index (χ1n) is 8.29. The van der Waals surface area contributed by atoms with Crippen LogP contribution in [-0.2, 0) is 4.79 Å². The molecule has 6 nitrogen and oxygen atoms in total. The highest BCUT2D eigenvalue weighted by Gasteiger charge is 2.16. The molecular weight excluding hydrogens is 332 g/mol. The minimum absolute atomic E-state index is 0.140. The molecule has 0 saturated carbocycles. The number of ether oxygens (including phenoxy) is 2. The normalized spacial score (nSPS) is 11.5. The van der Waals surface area contributed by atoms with Crippen LogP contribution in [-0.4, -0.2) is 25.5 Å². The van der Waals surface area contributed by atoms with Crippen molar-refractivity contribution in [3.8, 4) is 11.5 Å². The SMILES string of the molecule is COc1cc(C(=O)NC(C)c2cc(C)ccc2C)ccc1OCC(N)=O. The summed E-state index contributed by atoms with van der Waals surface area (Å²) in [6.45, 7) is 5.73. The average molecular weight is 356 g/mol. The van der Waals surface area contributed by atoms with Gasteiger partial charge in [-0.3, -0.25) is 9.59 Å². The van der Waals surface area contributed by atoms with Crippen LogP contribution < -0.4 is 20.5 Å². The van der Waals surface area contributed by atoms with E-state index >= 15 is 0 Å². The standard InChI is InChI=1S/C20H24N2O4/c1-12-5-6-13(2)16(9-12)14(3)22-20(24)15-7-8-17(18(10-15)25-4)26-11-19(21)23/h5-10,14H,11H2,1-4H3,(H2,21,23)(H,22,24). The lowest BCUT2D eigenvalue weighted by Crippen LogP contribution is -2.27. The van der Waals surface area contributed by atoms with E-state index in [4.69, 9.17) is 15.2 Å². The van der Waals surface area contributed by atoms with E-state index in [-0.39, 0.29) is 18.6 Å². The molecule has 2 aromatic rings. The van der Waals surface area contributed by atoms with Gasteiger partial charge in [0.1, 0.15) is 0 Å². The molecule has 0 spiro atoms. The fourth-order valence-electron chi connectivity index (χ4n) is 2.66. The molecule has 2 aromatic carbocycles. The lowest BCUT2D eigenvalue weighted by Gasteiger charge is -2.18. The number of nitrogens with two attached hydrogens (primary N) is 1. The van der Waals surface area contributed by atoms with Gasteiger partial charge in [-0.1, -0.05) is 23.8 Å². The van der Waals surface area contributed by atoms with Crippen LogP contribution in [0.5, 0.6) is 11.5 Å². The maximum Gasteiger partial charge on any atom is 0.255 e. The number of hydrogen-bond donors (Lipinski definition) is 2. The molecule has 0 aliphatic heterocycles. The van der Waals surface area contributed by atoms with Crippen molar-refractivity contribution < 1.29 is 19.1 Å². The second-order valence-corrected chi connectivity index (χ2v) is 6.18. The maximum absolute atomic E-state index is 12.6. The maximum atomic E-state index is 12.6. The predicted molar refractivity (Wildman–Crippen MR) is 99.5 cm³/mol. The molecule has 1 unspecified atom stereocenters. The number of benzene rings is 2. The van der Waals surface area contributed by atoms with E-state index in [1.165, 1.54) is 7.11 Å². The van der Waals surface area contributed by atoms with Crippen molar-refractivity contribution in [2.75, 3.05) is 13.7 Å². The molecule has 0 saturated heterocycles. The first-order chi connectivity index (χ1) is 12.3. The van der Waals surface area contributed by atoms with Gasteiger partial charge in [0.2, 0.25) is 0 Å². The van der Waals surface area contributed by atoms with E-state index in [1.807, 2.05) is 32.9 Å². The van der Waals surface area contributed by atoms with Gasteiger partial charge in [-0.25, -0.2) is 0 Å². The molecule has 0 aliphatic carbocycles. The van der Waals surface area contributed by atoms with Crippen LogP contribution >= 0.6 is 0 Å². The zero-order valence-electron chi connectivity index (χ0n) is 15.5. The van der Waals surface area contributed by atoms with Gasteiger partial charge in [-0.05, 0) is 50.1 Å². The Bertz CT molecular complexity index is 817. The zero-order valence-corrected chi connectivity index (χ0v) is 15.5. The molecule has 6 heteroatoms. The van der Waals surface area contributed by atoms with E-state index in [0.717, 1.165) is 16.7 Å². The Morgan fingerprint density at radius 3 is 2.50 bits per heavy atom. The summed E-state index contributed by atoms with van der Waals surface area (Å²) in [7, 11) is 1.47. The Hall–Kier alpha value is -3.02. The highest BCUT2D eigenvalue weighted by Crippen LogP contribution is 2.28. The Balaban J connectivity index is 2.16. The van der Waals surface area contributed by atoms with Crippen LogP contribution in [0.15, 0.2) is 36.4 Å². The highest BCUT2D eigenvalue weighted by molar-refractivity contribution is 5.95. The molecule has 2 amide bonds. The Kier molecular flexibility index (Phi) is 6.22. The molecule has 1 atom stereocenters. The summed E-state index contributed by atoms with van der Waals surface area (Å²) in [6.07, 6.45) is 0. The highest BCUT2D eigenvalue weighted by atomic mass is 16.5. The van der Waals surface area contributed by atoms with Gasteiger partial charge in [-0.15, -0.1) is 0 Å². The van der Waals surface area contributed by atoms with Gasteiger partial charge >= 0.3 is 0 Å². The number of nitrogens with one attached hydrogen (secondary N) is 1. The third-order valence-electron chi connectivity index (χ3n) is 4.04. The number of primary amides is 1. The molecule has 0 bridgehead atoms. The molecule has 2 rings (SSSR count). The first kappa shape index (κ1) is 19.3. The van der Waals surface area contributed by atoms with E-state index in [1.54, 1.807) is 18.2 Å². The zero-order chi connectivity index (χ0) is 19.3. The number of methoxy groups -OCH3 is 1. The van der Waals surface area contributed by atoms with Gasteiger partial charge in [-0.2, -0.15) is 0 Å². The first-order valence-corrected chi connectivity index (χ1v) is 8.29. The predicted octanol–water partition coefficient (Wildman–Crippen LogP) is 2.67. The van der Waals surface area contributed by atoms with Crippen molar-refractivity contribution in [2.45, 2.75) is 26.8 Å². The third kappa shape index (κ3) is 4.75. The summed E-state index contributed by atoms with van der Waals surface area (Å²) in [4.78, 5) is 23.4. The van der Waals surface area contributed by atoms with E-state index in [2.05, 4.69) is 11.4 Å². The van der Waals surface area contributed by atoms with Crippen molar-refractivity contribution in [3.63, 3.8) is 0 Å². The van der Waals surface area contributed by atoms with E-state index in [9.17, 15) is 9.59 Å². The summed E-state index contributed by atoms with van der Waals surface area (Å²) >= 11 is 0. The molecular formula is C20H24N2O4. The molecule has 0 radical (unpaired) electrons. The lowest BCUT2D eigenvalue weighted by atomic mass is 9.99. The van der Waals surface area contributed by atoms with Gasteiger partial charge < -0.3 is 20.5 Å². The Labute approximate surface area is 153 Å². The van der Waals surface area contributed by atoms with Crippen LogP contribution in [0, 0.1) is 13.8 Å². The molecule has 3 N–H and O–H groups in total. The van der Waals surface area contributed by atoms with Gasteiger partial charge in [0, 0.05) is 5.56 Å². The molecule has 0 aromatic heterocycles. The monoisotopic (exact) mass is 356 g/mol. The molecule has 0 fully saturated rings. The fourth-order valence-corrected chi connectivity index (χ4v) is 2.66. The summed E-state index contributed by atoms with van der Waals surface area (Å²) in [5, 5.41) is 2.99. The largest absolute Gasteiger partial charge is 0.493 e. The number of aryl methyl sites for hydroxylation is 2. The quantitative estimate of drug-likeness (QED) is 0.798. The van der Waals surface area contributed by atoms with Gasteiger partial charge in [0.15, 0.2) is 18.1 Å². The average Bonchev–Trinajstić information content (AvgIpc) is 2.61. The summed E-state index contributed by atoms with van der Waals surface area (Å²) in [5.74, 6) is -0.0990. The van der Waals surface area contributed by atoms with Crippen molar-refractivity contribution in [3.05, 3.63) is 58.7 Å². The molecule has 0 aliphatic rings. The number of carbonyl (C=O) groups is 2. The third-order valence-corrected chi connectivity index (χ3v) is 4.04. The van der Waals surface area contributed by atoms with Gasteiger partial charge in [0.25, 0.3) is 11.8 Å². The summed E-state index contributed by atoms with van der Waals surface area (Å²) in [6, 6.07) is 10.8. The van der Waals surface area contributed by atoms with E-state index in [0.29, 0.717) is 17.1 Å². The second-order valence-electron chi connectivity index (χ2n) is 6.18. The Morgan fingerprint density at radius 2 is 1.85 bits per heavy atom. The van der Waals surface area contributed by atoms with E-state index < -0.39 is 5.91 Å². The van der Waals surface area contributed by atoms with Crippen LogP contribution in [0.25, 0.3) is 0 Å². The summed E-state index contributed by atoms with van der Waals surface area (Å²) < 4.78 is 10.5. The van der Waals surface area contributed by atoms with Crippen molar-refractivity contribution in [1.29, 1.82) is 0 Å². The lowest BCUT2D eigenvalue weighted by molar-refractivity contribution is -0.119. The van der Waals surface area contributed by atoms with Crippen LogP contribution in [0.1, 0.15) is 40.0 Å². The molecule has 26 heavy (non-hydrogen) atoms.